The van der Waals surface area contributed by atoms with Gasteiger partial charge in [-0.2, -0.15) is 0 Å². The van der Waals surface area contributed by atoms with E-state index in [4.69, 9.17) is 0 Å². The van der Waals surface area contributed by atoms with Crippen LogP contribution in [0.25, 0.3) is 0 Å². The van der Waals surface area contributed by atoms with Crippen LogP contribution in [0.1, 0.15) is 72.1 Å². The van der Waals surface area contributed by atoms with Crippen LogP contribution in [0.3, 0.4) is 0 Å². The van der Waals surface area contributed by atoms with Crippen molar-refractivity contribution in [2.75, 3.05) is 12.3 Å². The first kappa shape index (κ1) is 13.5. The van der Waals surface area contributed by atoms with E-state index in [0.29, 0.717) is 7.92 Å². The van der Waals surface area contributed by atoms with Crippen molar-refractivity contribution in [1.82, 2.24) is 0 Å². The van der Waals surface area contributed by atoms with Crippen LogP contribution in [0.2, 0.25) is 0 Å². The Kier molecular flexibility index (Phi) is 6.20. The Morgan fingerprint density at radius 1 is 0.933 bits per heavy atom. The summed E-state index contributed by atoms with van der Waals surface area (Å²) in [4.78, 5) is 0. The molecule has 0 nitrogen and oxygen atoms in total. The molecule has 0 N–H and O–H groups in total. The maximum atomic E-state index is 2.43. The van der Waals surface area contributed by atoms with Crippen molar-refractivity contribution in [3.05, 3.63) is 0 Å². The third-order valence-electron chi connectivity index (χ3n) is 4.21. The highest BCUT2D eigenvalue weighted by Gasteiger charge is 2.36. The van der Waals surface area contributed by atoms with E-state index in [1.165, 1.54) is 50.8 Å². The third kappa shape index (κ3) is 3.45. The van der Waals surface area contributed by atoms with Gasteiger partial charge in [0.1, 0.15) is 0 Å². The fraction of sp³-hybridized carbons (Fsp3) is 1.00. The van der Waals surface area contributed by atoms with E-state index in [1.807, 2.05) is 0 Å². The van der Waals surface area contributed by atoms with Gasteiger partial charge in [-0.15, -0.1) is 7.92 Å². The van der Waals surface area contributed by atoms with Gasteiger partial charge in [0.25, 0.3) is 0 Å². The number of rotatable bonds is 6. The normalized spacial score (nSPS) is 20.8. The highest BCUT2D eigenvalue weighted by atomic mass is 31.1. The SMILES string of the molecule is CCCCC1(P(CC)CC)CCCCC1. The Morgan fingerprint density at radius 3 is 2.00 bits per heavy atom. The molecule has 15 heavy (non-hydrogen) atoms. The van der Waals surface area contributed by atoms with Crippen LogP contribution in [0, 0.1) is 0 Å². The van der Waals surface area contributed by atoms with Crippen molar-refractivity contribution in [2.45, 2.75) is 77.3 Å². The Morgan fingerprint density at radius 2 is 1.53 bits per heavy atom. The second kappa shape index (κ2) is 6.89. The Labute approximate surface area is 98.0 Å². The number of hydrogen-bond donors (Lipinski definition) is 0. The fourth-order valence-electron chi connectivity index (χ4n) is 3.33. The molecule has 0 aromatic heterocycles. The zero-order valence-electron chi connectivity index (χ0n) is 11.0. The van der Waals surface area contributed by atoms with E-state index < -0.39 is 0 Å². The van der Waals surface area contributed by atoms with Crippen LogP contribution in [-0.4, -0.2) is 17.5 Å². The quantitative estimate of drug-likeness (QED) is 0.534. The molecule has 0 aliphatic heterocycles. The van der Waals surface area contributed by atoms with Gasteiger partial charge in [-0.05, 0) is 36.7 Å². The van der Waals surface area contributed by atoms with Gasteiger partial charge in [-0.25, -0.2) is 0 Å². The molecule has 0 amide bonds. The molecule has 1 rings (SSSR count). The van der Waals surface area contributed by atoms with Crippen LogP contribution < -0.4 is 0 Å². The molecule has 0 unspecified atom stereocenters. The first-order valence-corrected chi connectivity index (χ1v) is 8.75. The van der Waals surface area contributed by atoms with Crippen molar-refractivity contribution in [2.24, 2.45) is 0 Å². The van der Waals surface area contributed by atoms with Gasteiger partial charge in [0.2, 0.25) is 0 Å². The second-order valence-corrected chi connectivity index (χ2v) is 8.35. The molecule has 0 spiro atoms. The predicted molar refractivity (Wildman–Crippen MR) is 73.3 cm³/mol. The van der Waals surface area contributed by atoms with Gasteiger partial charge < -0.3 is 0 Å². The maximum absolute atomic E-state index is 2.43. The summed E-state index contributed by atoms with van der Waals surface area (Å²) in [5.74, 6) is 0. The molecular formula is C14H29P. The molecule has 0 saturated heterocycles. The first-order chi connectivity index (χ1) is 7.29. The molecule has 0 radical (unpaired) electrons. The standard InChI is InChI=1S/C14H29P/c1-4-7-11-14(15(5-2)6-3)12-9-8-10-13-14/h4-13H2,1-3H3. The summed E-state index contributed by atoms with van der Waals surface area (Å²) >= 11 is 0. The van der Waals surface area contributed by atoms with Gasteiger partial charge in [-0.1, -0.05) is 52.9 Å². The highest BCUT2D eigenvalue weighted by molar-refractivity contribution is 7.59. The fourth-order valence-corrected chi connectivity index (χ4v) is 6.55. The molecule has 1 saturated carbocycles. The highest BCUT2D eigenvalue weighted by Crippen LogP contribution is 2.58. The minimum Gasteiger partial charge on any atom is -0.101 e. The van der Waals surface area contributed by atoms with Crippen LogP contribution in [0.15, 0.2) is 0 Å². The average Bonchev–Trinajstić information content (AvgIpc) is 2.29. The predicted octanol–water partition coefficient (Wildman–Crippen LogP) is 5.40. The Balaban J connectivity index is 2.64. The van der Waals surface area contributed by atoms with Crippen molar-refractivity contribution in [3.63, 3.8) is 0 Å². The number of unbranched alkanes of at least 4 members (excludes halogenated alkanes) is 1. The van der Waals surface area contributed by atoms with Crippen molar-refractivity contribution in [1.29, 1.82) is 0 Å². The van der Waals surface area contributed by atoms with E-state index in [2.05, 4.69) is 20.8 Å². The van der Waals surface area contributed by atoms with Gasteiger partial charge in [-0.3, -0.25) is 0 Å². The van der Waals surface area contributed by atoms with E-state index >= 15 is 0 Å². The van der Waals surface area contributed by atoms with E-state index in [0.717, 1.165) is 5.16 Å². The molecule has 1 aliphatic carbocycles. The van der Waals surface area contributed by atoms with Crippen molar-refractivity contribution >= 4 is 7.92 Å². The summed E-state index contributed by atoms with van der Waals surface area (Å²) < 4.78 is 0. The van der Waals surface area contributed by atoms with E-state index in [9.17, 15) is 0 Å². The lowest BCUT2D eigenvalue weighted by molar-refractivity contribution is 0.362. The zero-order valence-corrected chi connectivity index (χ0v) is 11.9. The van der Waals surface area contributed by atoms with E-state index in [1.54, 1.807) is 12.8 Å². The molecule has 90 valence electrons. The topological polar surface area (TPSA) is 0 Å². The molecule has 0 aromatic carbocycles. The van der Waals surface area contributed by atoms with Gasteiger partial charge >= 0.3 is 0 Å². The molecule has 0 atom stereocenters. The molecule has 1 fully saturated rings. The average molecular weight is 228 g/mol. The summed E-state index contributed by atoms with van der Waals surface area (Å²) in [6.45, 7) is 7.20. The monoisotopic (exact) mass is 228 g/mol. The second-order valence-electron chi connectivity index (χ2n) is 5.06. The molecule has 1 aliphatic rings. The van der Waals surface area contributed by atoms with Crippen molar-refractivity contribution in [3.8, 4) is 0 Å². The minimum absolute atomic E-state index is 0.330. The molecule has 1 heteroatoms. The van der Waals surface area contributed by atoms with Crippen LogP contribution in [0.4, 0.5) is 0 Å². The van der Waals surface area contributed by atoms with Crippen LogP contribution >= 0.6 is 7.92 Å². The van der Waals surface area contributed by atoms with Crippen LogP contribution in [-0.2, 0) is 0 Å². The van der Waals surface area contributed by atoms with Crippen LogP contribution in [0.5, 0.6) is 0 Å². The summed E-state index contributed by atoms with van der Waals surface area (Å²) in [6.07, 6.45) is 15.0. The number of hydrogen-bond acceptors (Lipinski definition) is 0. The smallest absolute Gasteiger partial charge is 0.00946 e. The lowest BCUT2D eigenvalue weighted by Gasteiger charge is -2.44. The first-order valence-electron chi connectivity index (χ1n) is 7.04. The summed E-state index contributed by atoms with van der Waals surface area (Å²) in [5, 5.41) is 0.813. The Bertz CT molecular complexity index is 155. The van der Waals surface area contributed by atoms with Crippen molar-refractivity contribution < 1.29 is 0 Å². The molecular weight excluding hydrogens is 199 g/mol. The van der Waals surface area contributed by atoms with Gasteiger partial charge in [0.05, 0.1) is 0 Å². The summed E-state index contributed by atoms with van der Waals surface area (Å²) in [6, 6.07) is 0. The summed E-state index contributed by atoms with van der Waals surface area (Å²) in [7, 11) is 0.330. The Hall–Kier alpha value is 0.430. The van der Waals surface area contributed by atoms with E-state index in [-0.39, 0.29) is 0 Å². The minimum atomic E-state index is 0.330. The molecule has 0 aromatic rings. The molecule has 0 heterocycles. The maximum Gasteiger partial charge on any atom is -0.00946 e. The van der Waals surface area contributed by atoms with Gasteiger partial charge in [0, 0.05) is 0 Å². The third-order valence-corrected chi connectivity index (χ3v) is 7.75. The zero-order chi connectivity index (χ0) is 11.1. The summed E-state index contributed by atoms with van der Waals surface area (Å²) in [5.41, 5.74) is 0. The largest absolute Gasteiger partial charge is 0.101 e. The lowest BCUT2D eigenvalue weighted by atomic mass is 9.84. The van der Waals surface area contributed by atoms with Gasteiger partial charge in [0.15, 0.2) is 0 Å². The molecule has 0 bridgehead atoms. The lowest BCUT2D eigenvalue weighted by Crippen LogP contribution is -2.31.